The highest BCUT2D eigenvalue weighted by molar-refractivity contribution is 5.51. The van der Waals surface area contributed by atoms with Gasteiger partial charge in [-0.05, 0) is 13.0 Å². The van der Waals surface area contributed by atoms with E-state index in [-0.39, 0.29) is 0 Å². The third-order valence-electron chi connectivity index (χ3n) is 2.51. The zero-order valence-corrected chi connectivity index (χ0v) is 10.4. The maximum absolute atomic E-state index is 9.87. The largest absolute Gasteiger partial charge is 0.496 e. The molecule has 0 aromatic heterocycles. The van der Waals surface area contributed by atoms with E-state index in [9.17, 15) is 10.2 Å². The SMILES string of the molecule is COc1cc(OC)c([C@H](O)[C@H](C)O)cc1OC. The monoisotopic (exact) mass is 242 g/mol. The maximum Gasteiger partial charge on any atom is 0.164 e. The minimum Gasteiger partial charge on any atom is -0.496 e. The molecule has 1 rings (SSSR count). The average Bonchev–Trinajstić information content (AvgIpc) is 2.35. The molecular formula is C12H18O5. The van der Waals surface area contributed by atoms with E-state index in [2.05, 4.69) is 0 Å². The first-order valence-corrected chi connectivity index (χ1v) is 5.21. The average molecular weight is 242 g/mol. The summed E-state index contributed by atoms with van der Waals surface area (Å²) in [6, 6.07) is 3.20. The lowest BCUT2D eigenvalue weighted by Crippen LogP contribution is -2.15. The number of benzene rings is 1. The van der Waals surface area contributed by atoms with Crippen molar-refractivity contribution in [1.29, 1.82) is 0 Å². The summed E-state index contributed by atoms with van der Waals surface area (Å²) < 4.78 is 15.4. The van der Waals surface area contributed by atoms with Crippen LogP contribution in [0.1, 0.15) is 18.6 Å². The summed E-state index contributed by atoms with van der Waals surface area (Å²) in [6.45, 7) is 1.50. The quantitative estimate of drug-likeness (QED) is 0.810. The number of aliphatic hydroxyl groups excluding tert-OH is 2. The standard InChI is InChI=1S/C12H18O5/c1-7(13)12(14)8-5-10(16-3)11(17-4)6-9(8)15-2/h5-7,12-14H,1-4H3/t7-,12+/m0/s1. The second-order valence-corrected chi connectivity index (χ2v) is 3.63. The molecule has 0 aliphatic heterocycles. The Morgan fingerprint density at radius 2 is 1.35 bits per heavy atom. The van der Waals surface area contributed by atoms with E-state index in [0.717, 1.165) is 0 Å². The molecule has 0 unspecified atom stereocenters. The predicted octanol–water partition coefficient (Wildman–Crippen LogP) is 1.13. The second kappa shape index (κ2) is 5.75. The molecule has 17 heavy (non-hydrogen) atoms. The summed E-state index contributed by atoms with van der Waals surface area (Å²) >= 11 is 0. The van der Waals surface area contributed by atoms with Crippen LogP contribution in [0.25, 0.3) is 0 Å². The van der Waals surface area contributed by atoms with Crippen molar-refractivity contribution in [3.8, 4) is 17.2 Å². The Hall–Kier alpha value is -1.46. The zero-order chi connectivity index (χ0) is 13.0. The van der Waals surface area contributed by atoms with Crippen molar-refractivity contribution in [2.75, 3.05) is 21.3 Å². The fourth-order valence-electron chi connectivity index (χ4n) is 1.54. The summed E-state index contributed by atoms with van der Waals surface area (Å²) in [5.41, 5.74) is 0.458. The predicted molar refractivity (Wildman–Crippen MR) is 62.7 cm³/mol. The first-order valence-electron chi connectivity index (χ1n) is 5.21. The fraction of sp³-hybridized carbons (Fsp3) is 0.500. The number of aliphatic hydroxyl groups is 2. The third kappa shape index (κ3) is 2.81. The Labute approximate surface area is 101 Å². The fourth-order valence-corrected chi connectivity index (χ4v) is 1.54. The normalized spacial score (nSPS) is 14.0. The Bertz CT molecular complexity index is 375. The molecule has 0 bridgehead atoms. The molecule has 2 atom stereocenters. The molecule has 0 radical (unpaired) electrons. The Balaban J connectivity index is 3.28. The van der Waals surface area contributed by atoms with E-state index in [4.69, 9.17) is 14.2 Å². The molecule has 0 saturated carbocycles. The van der Waals surface area contributed by atoms with E-state index in [0.29, 0.717) is 22.8 Å². The molecular weight excluding hydrogens is 224 g/mol. The van der Waals surface area contributed by atoms with Crippen molar-refractivity contribution >= 4 is 0 Å². The van der Waals surface area contributed by atoms with Gasteiger partial charge in [0.1, 0.15) is 11.9 Å². The summed E-state index contributed by atoms with van der Waals surface area (Å²) in [5, 5.41) is 19.3. The number of methoxy groups -OCH3 is 3. The lowest BCUT2D eigenvalue weighted by atomic mass is 10.0. The topological polar surface area (TPSA) is 68.2 Å². The highest BCUT2D eigenvalue weighted by Crippen LogP contribution is 2.38. The molecule has 96 valence electrons. The van der Waals surface area contributed by atoms with Gasteiger partial charge in [-0.15, -0.1) is 0 Å². The van der Waals surface area contributed by atoms with E-state index < -0.39 is 12.2 Å². The van der Waals surface area contributed by atoms with Crippen LogP contribution in [0.4, 0.5) is 0 Å². The number of hydrogen-bond donors (Lipinski definition) is 2. The maximum atomic E-state index is 9.87. The van der Waals surface area contributed by atoms with Crippen LogP contribution in [-0.4, -0.2) is 37.6 Å². The molecule has 5 nitrogen and oxygen atoms in total. The number of ether oxygens (including phenoxy) is 3. The molecule has 2 N–H and O–H groups in total. The Kier molecular flexibility index (Phi) is 4.60. The van der Waals surface area contributed by atoms with Crippen LogP contribution in [0.5, 0.6) is 17.2 Å². The van der Waals surface area contributed by atoms with Gasteiger partial charge in [0.15, 0.2) is 11.5 Å². The van der Waals surface area contributed by atoms with Gasteiger partial charge >= 0.3 is 0 Å². The molecule has 0 heterocycles. The molecule has 5 heteroatoms. The van der Waals surface area contributed by atoms with Gasteiger partial charge < -0.3 is 24.4 Å². The number of hydrogen-bond acceptors (Lipinski definition) is 5. The van der Waals surface area contributed by atoms with Gasteiger partial charge in [-0.2, -0.15) is 0 Å². The molecule has 0 fully saturated rings. The van der Waals surface area contributed by atoms with Gasteiger partial charge in [-0.3, -0.25) is 0 Å². The minimum absolute atomic E-state index is 0.441. The lowest BCUT2D eigenvalue weighted by Gasteiger charge is -2.19. The highest BCUT2D eigenvalue weighted by atomic mass is 16.5. The van der Waals surface area contributed by atoms with Crippen LogP contribution >= 0.6 is 0 Å². The smallest absolute Gasteiger partial charge is 0.164 e. The molecule has 0 spiro atoms. The summed E-state index contributed by atoms with van der Waals surface area (Å²) in [4.78, 5) is 0. The molecule has 1 aromatic rings. The van der Waals surface area contributed by atoms with Gasteiger partial charge in [0.05, 0.1) is 27.4 Å². The van der Waals surface area contributed by atoms with Crippen molar-refractivity contribution in [3.05, 3.63) is 17.7 Å². The molecule has 0 amide bonds. The second-order valence-electron chi connectivity index (χ2n) is 3.63. The summed E-state index contributed by atoms with van der Waals surface area (Å²) in [6.07, 6.45) is -1.94. The van der Waals surface area contributed by atoms with Crippen LogP contribution in [0.3, 0.4) is 0 Å². The van der Waals surface area contributed by atoms with Crippen LogP contribution < -0.4 is 14.2 Å². The highest BCUT2D eigenvalue weighted by Gasteiger charge is 2.21. The van der Waals surface area contributed by atoms with Crippen molar-refractivity contribution in [2.24, 2.45) is 0 Å². The summed E-state index contributed by atoms with van der Waals surface area (Å²) in [5.74, 6) is 1.42. The third-order valence-corrected chi connectivity index (χ3v) is 2.51. The molecule has 0 saturated heterocycles. The van der Waals surface area contributed by atoms with Crippen molar-refractivity contribution in [1.82, 2.24) is 0 Å². The lowest BCUT2D eigenvalue weighted by molar-refractivity contribution is 0.0289. The number of rotatable bonds is 5. The Morgan fingerprint density at radius 3 is 1.76 bits per heavy atom. The Morgan fingerprint density at radius 1 is 0.882 bits per heavy atom. The van der Waals surface area contributed by atoms with E-state index in [1.807, 2.05) is 0 Å². The first-order chi connectivity index (χ1) is 8.04. The van der Waals surface area contributed by atoms with E-state index in [1.54, 1.807) is 12.1 Å². The molecule has 0 aliphatic rings. The van der Waals surface area contributed by atoms with Crippen LogP contribution in [0.2, 0.25) is 0 Å². The first kappa shape index (κ1) is 13.6. The van der Waals surface area contributed by atoms with E-state index >= 15 is 0 Å². The molecule has 1 aromatic carbocycles. The minimum atomic E-state index is -1.04. The van der Waals surface area contributed by atoms with E-state index in [1.165, 1.54) is 28.3 Å². The van der Waals surface area contributed by atoms with Crippen molar-refractivity contribution in [3.63, 3.8) is 0 Å². The van der Waals surface area contributed by atoms with Crippen molar-refractivity contribution in [2.45, 2.75) is 19.1 Å². The van der Waals surface area contributed by atoms with Gasteiger partial charge in [-0.25, -0.2) is 0 Å². The molecule has 0 aliphatic carbocycles. The van der Waals surface area contributed by atoms with Gasteiger partial charge in [0, 0.05) is 11.6 Å². The summed E-state index contributed by atoms with van der Waals surface area (Å²) in [7, 11) is 4.50. The van der Waals surface area contributed by atoms with Crippen LogP contribution in [0, 0.1) is 0 Å². The van der Waals surface area contributed by atoms with Gasteiger partial charge in [0.25, 0.3) is 0 Å². The van der Waals surface area contributed by atoms with Crippen LogP contribution in [0.15, 0.2) is 12.1 Å². The zero-order valence-electron chi connectivity index (χ0n) is 10.4. The van der Waals surface area contributed by atoms with Crippen molar-refractivity contribution < 1.29 is 24.4 Å². The van der Waals surface area contributed by atoms with Gasteiger partial charge in [0.2, 0.25) is 0 Å². The van der Waals surface area contributed by atoms with Gasteiger partial charge in [-0.1, -0.05) is 0 Å². The van der Waals surface area contributed by atoms with Crippen LogP contribution in [-0.2, 0) is 0 Å².